The first-order chi connectivity index (χ1) is 13.5. The summed E-state index contributed by atoms with van der Waals surface area (Å²) in [5.74, 6) is -0.139. The molecule has 0 aliphatic heterocycles. The van der Waals surface area contributed by atoms with Crippen molar-refractivity contribution in [2.45, 2.75) is 6.92 Å². The molecule has 0 bridgehead atoms. The minimum Gasteiger partial charge on any atom is -0.504 e. The van der Waals surface area contributed by atoms with E-state index in [-0.39, 0.29) is 11.4 Å². The van der Waals surface area contributed by atoms with Gasteiger partial charge in [0.25, 0.3) is 0 Å². The van der Waals surface area contributed by atoms with Crippen molar-refractivity contribution in [3.63, 3.8) is 0 Å². The van der Waals surface area contributed by atoms with Crippen LogP contribution >= 0.6 is 11.6 Å². The average molecular weight is 394 g/mol. The number of aromatic nitrogens is 3. The quantitative estimate of drug-likeness (QED) is 0.439. The Balaban J connectivity index is 1.66. The first-order valence-electron chi connectivity index (χ1n) is 8.49. The number of fused-ring (bicyclic) bond motifs is 1. The summed E-state index contributed by atoms with van der Waals surface area (Å²) in [5.41, 5.74) is 3.31. The molecule has 140 valence electrons. The second-order valence-corrected chi connectivity index (χ2v) is 6.68. The van der Waals surface area contributed by atoms with Gasteiger partial charge in [-0.05, 0) is 55.0 Å². The summed E-state index contributed by atoms with van der Waals surface area (Å²) in [4.78, 5) is 13.6. The van der Waals surface area contributed by atoms with Gasteiger partial charge in [-0.15, -0.1) is 15.0 Å². The number of para-hydroxylation sites is 1. The van der Waals surface area contributed by atoms with Crippen molar-refractivity contribution in [3.8, 4) is 11.4 Å². The van der Waals surface area contributed by atoms with Crippen LogP contribution in [0.3, 0.4) is 0 Å². The van der Waals surface area contributed by atoms with Crippen LogP contribution in [-0.4, -0.2) is 26.1 Å². The lowest BCUT2D eigenvalue weighted by Crippen LogP contribution is -2.19. The molecule has 4 aromatic rings. The minimum atomic E-state index is -0.469. The van der Waals surface area contributed by atoms with E-state index in [0.29, 0.717) is 27.4 Å². The molecule has 0 saturated carbocycles. The van der Waals surface area contributed by atoms with E-state index < -0.39 is 6.03 Å². The maximum Gasteiger partial charge on any atom is 0.323 e. The summed E-state index contributed by atoms with van der Waals surface area (Å²) in [5, 5.41) is 25.4. The molecule has 0 unspecified atom stereocenters. The Labute approximate surface area is 165 Å². The van der Waals surface area contributed by atoms with E-state index in [1.807, 2.05) is 25.1 Å². The van der Waals surface area contributed by atoms with Crippen LogP contribution in [0.25, 0.3) is 16.7 Å². The molecule has 0 aliphatic carbocycles. The maximum absolute atomic E-state index is 12.3. The molecule has 1 heterocycles. The van der Waals surface area contributed by atoms with Crippen LogP contribution in [-0.2, 0) is 0 Å². The van der Waals surface area contributed by atoms with Crippen LogP contribution in [0.4, 0.5) is 16.2 Å². The molecule has 7 nitrogen and oxygen atoms in total. The number of rotatable bonds is 3. The first-order valence-corrected chi connectivity index (χ1v) is 8.87. The number of halogens is 1. The lowest BCUT2D eigenvalue weighted by atomic mass is 10.1. The van der Waals surface area contributed by atoms with Crippen molar-refractivity contribution in [1.29, 1.82) is 0 Å². The average Bonchev–Trinajstić information content (AvgIpc) is 3.08. The Morgan fingerprint density at radius 3 is 2.54 bits per heavy atom. The normalized spacial score (nSPS) is 10.8. The van der Waals surface area contributed by atoms with Crippen molar-refractivity contribution < 1.29 is 9.90 Å². The van der Waals surface area contributed by atoms with Crippen LogP contribution < -0.4 is 10.6 Å². The number of carbonyl (C=O) groups is 1. The largest absolute Gasteiger partial charge is 0.504 e. The first kappa shape index (κ1) is 17.8. The summed E-state index contributed by atoms with van der Waals surface area (Å²) in [7, 11) is 0. The number of aryl methyl sites for hydroxylation is 1. The highest BCUT2D eigenvalue weighted by Crippen LogP contribution is 2.32. The third-order valence-corrected chi connectivity index (χ3v) is 4.31. The van der Waals surface area contributed by atoms with Gasteiger partial charge < -0.3 is 15.7 Å². The highest BCUT2D eigenvalue weighted by Gasteiger charge is 2.15. The zero-order valence-corrected chi connectivity index (χ0v) is 15.6. The molecule has 0 radical (unpaired) electrons. The van der Waals surface area contributed by atoms with E-state index in [9.17, 15) is 9.90 Å². The molecule has 2 amide bonds. The number of nitrogens with zero attached hydrogens (tertiary/aromatic N) is 3. The number of phenols is 1. The van der Waals surface area contributed by atoms with Crippen LogP contribution in [0, 0.1) is 6.92 Å². The van der Waals surface area contributed by atoms with Crippen molar-refractivity contribution in [1.82, 2.24) is 15.0 Å². The molecule has 0 spiro atoms. The van der Waals surface area contributed by atoms with Gasteiger partial charge in [0, 0.05) is 10.7 Å². The third kappa shape index (κ3) is 3.60. The summed E-state index contributed by atoms with van der Waals surface area (Å²) in [6.07, 6.45) is 0. The van der Waals surface area contributed by atoms with Gasteiger partial charge in [-0.2, -0.15) is 0 Å². The topological polar surface area (TPSA) is 92.1 Å². The lowest BCUT2D eigenvalue weighted by Gasteiger charge is -2.12. The van der Waals surface area contributed by atoms with E-state index in [0.717, 1.165) is 5.56 Å². The number of benzene rings is 3. The predicted octanol–water partition coefficient (Wildman–Crippen LogP) is 4.73. The second kappa shape index (κ2) is 7.21. The van der Waals surface area contributed by atoms with Gasteiger partial charge >= 0.3 is 6.03 Å². The number of urea groups is 1. The zero-order valence-electron chi connectivity index (χ0n) is 14.8. The fourth-order valence-corrected chi connectivity index (χ4v) is 2.98. The number of hydrogen-bond donors (Lipinski definition) is 3. The van der Waals surface area contributed by atoms with Crippen molar-refractivity contribution in [2.75, 3.05) is 10.6 Å². The predicted molar refractivity (Wildman–Crippen MR) is 109 cm³/mol. The molecule has 8 heteroatoms. The van der Waals surface area contributed by atoms with Gasteiger partial charge in [0.2, 0.25) is 0 Å². The number of aromatic hydroxyl groups is 1. The van der Waals surface area contributed by atoms with Crippen LogP contribution in [0.1, 0.15) is 5.56 Å². The van der Waals surface area contributed by atoms with Gasteiger partial charge in [0.1, 0.15) is 16.7 Å². The van der Waals surface area contributed by atoms with Crippen molar-refractivity contribution in [3.05, 3.63) is 71.2 Å². The molecule has 3 N–H and O–H groups in total. The summed E-state index contributed by atoms with van der Waals surface area (Å²) >= 11 is 6.00. The van der Waals surface area contributed by atoms with Crippen LogP contribution in [0.5, 0.6) is 5.75 Å². The smallest absolute Gasteiger partial charge is 0.323 e. The summed E-state index contributed by atoms with van der Waals surface area (Å²) < 4.78 is 0. The minimum absolute atomic E-state index is 0.139. The van der Waals surface area contributed by atoms with E-state index in [2.05, 4.69) is 20.8 Å². The summed E-state index contributed by atoms with van der Waals surface area (Å²) in [6, 6.07) is 17.1. The number of anilines is 2. The molecular formula is C20H16ClN5O2. The van der Waals surface area contributed by atoms with Gasteiger partial charge in [-0.25, -0.2) is 4.79 Å². The van der Waals surface area contributed by atoms with Gasteiger partial charge in [0.05, 0.1) is 5.69 Å². The molecule has 28 heavy (non-hydrogen) atoms. The Morgan fingerprint density at radius 1 is 1.00 bits per heavy atom. The molecule has 4 rings (SSSR count). The molecule has 0 atom stereocenters. The molecule has 1 aromatic heterocycles. The Hall–Kier alpha value is -3.58. The van der Waals surface area contributed by atoms with Crippen molar-refractivity contribution >= 4 is 40.0 Å². The fourth-order valence-electron chi connectivity index (χ4n) is 2.81. The molecule has 3 aromatic carbocycles. The number of amides is 2. The monoisotopic (exact) mass is 393 g/mol. The van der Waals surface area contributed by atoms with E-state index in [1.54, 1.807) is 42.5 Å². The second-order valence-electron chi connectivity index (χ2n) is 6.25. The van der Waals surface area contributed by atoms with E-state index >= 15 is 0 Å². The standard InChI is InChI=1S/C20H16ClN5O2/c1-12-9-17(23-20(28)22-14-5-3-2-4-6-14)19(27)18(10-12)26-24-15-8-7-13(21)11-16(15)25-26/h2-11,27H,1H3,(H2,22,23,28). The number of phenolic OH excluding ortho intramolecular Hbond substituents is 1. The third-order valence-electron chi connectivity index (χ3n) is 4.07. The van der Waals surface area contributed by atoms with E-state index in [4.69, 9.17) is 11.6 Å². The molecule has 0 saturated heterocycles. The van der Waals surface area contributed by atoms with Crippen LogP contribution in [0.15, 0.2) is 60.7 Å². The van der Waals surface area contributed by atoms with Gasteiger partial charge in [0.15, 0.2) is 5.75 Å². The van der Waals surface area contributed by atoms with Crippen LogP contribution in [0.2, 0.25) is 5.02 Å². The maximum atomic E-state index is 12.3. The highest BCUT2D eigenvalue weighted by atomic mass is 35.5. The molecular weight excluding hydrogens is 378 g/mol. The highest BCUT2D eigenvalue weighted by molar-refractivity contribution is 6.31. The van der Waals surface area contributed by atoms with Gasteiger partial charge in [-0.1, -0.05) is 29.8 Å². The molecule has 0 aliphatic rings. The van der Waals surface area contributed by atoms with Crippen molar-refractivity contribution in [2.24, 2.45) is 0 Å². The number of nitrogens with one attached hydrogen (secondary N) is 2. The Morgan fingerprint density at radius 2 is 1.75 bits per heavy atom. The SMILES string of the molecule is Cc1cc(NC(=O)Nc2ccccc2)c(O)c(-n2nc3ccc(Cl)cc3n2)c1. The van der Waals surface area contributed by atoms with E-state index in [1.165, 1.54) is 4.80 Å². The number of hydrogen-bond acceptors (Lipinski definition) is 4. The Bertz CT molecular complexity index is 1170. The Kier molecular flexibility index (Phi) is 4.58. The summed E-state index contributed by atoms with van der Waals surface area (Å²) in [6.45, 7) is 1.85. The lowest BCUT2D eigenvalue weighted by molar-refractivity contribution is 0.262. The zero-order chi connectivity index (χ0) is 19.7. The number of carbonyl (C=O) groups excluding carboxylic acids is 1. The van der Waals surface area contributed by atoms with Gasteiger partial charge in [-0.3, -0.25) is 0 Å². The fraction of sp³-hybridized carbons (Fsp3) is 0.0500. The molecule has 0 fully saturated rings.